The number of halogens is 2. The minimum atomic E-state index is -3.03. The minimum absolute atomic E-state index is 0.258. The van der Waals surface area contributed by atoms with Crippen molar-refractivity contribution in [3.05, 3.63) is 0 Å². The largest absolute Gasteiger partial charge is 0.480 e. The van der Waals surface area contributed by atoms with Gasteiger partial charge in [-0.15, -0.1) is 0 Å². The second-order valence-corrected chi connectivity index (χ2v) is 3.04. The molecule has 0 aliphatic carbocycles. The summed E-state index contributed by atoms with van der Waals surface area (Å²) in [6.45, 7) is -3.38. The van der Waals surface area contributed by atoms with Gasteiger partial charge in [-0.1, -0.05) is 0 Å². The topological polar surface area (TPSA) is 87.1 Å². The van der Waals surface area contributed by atoms with Crippen molar-refractivity contribution in [2.45, 2.75) is 25.2 Å². The highest BCUT2D eigenvalue weighted by Gasteiger charge is 2.41. The minimum Gasteiger partial charge on any atom is -0.480 e. The summed E-state index contributed by atoms with van der Waals surface area (Å²) in [5, 5.41) is 17.2. The van der Waals surface area contributed by atoms with Crippen LogP contribution in [-0.4, -0.2) is 52.5 Å². The first-order chi connectivity index (χ1) is 6.91. The molecule has 15 heavy (non-hydrogen) atoms. The zero-order chi connectivity index (χ0) is 11.6. The molecule has 2 N–H and O–H groups in total. The van der Waals surface area contributed by atoms with Crippen LogP contribution in [0.5, 0.6) is 0 Å². The zero-order valence-corrected chi connectivity index (χ0v) is 7.47. The van der Waals surface area contributed by atoms with Crippen molar-refractivity contribution < 1.29 is 33.3 Å². The van der Waals surface area contributed by atoms with Crippen LogP contribution in [0.3, 0.4) is 0 Å². The van der Waals surface area contributed by atoms with Gasteiger partial charge in [0.05, 0.1) is 12.6 Å². The molecular weight excluding hydrogens is 216 g/mol. The van der Waals surface area contributed by atoms with Crippen LogP contribution in [0.2, 0.25) is 0 Å². The second kappa shape index (κ2) is 4.39. The number of alkyl halides is 2. The van der Waals surface area contributed by atoms with Crippen LogP contribution < -0.4 is 0 Å². The smallest absolute Gasteiger partial charge is 0.408 e. The Morgan fingerprint density at radius 1 is 1.40 bits per heavy atom. The third-order valence-electron chi connectivity index (χ3n) is 2.09. The van der Waals surface area contributed by atoms with E-state index in [1.807, 2.05) is 0 Å². The molecule has 1 rings (SSSR count). The quantitative estimate of drug-likeness (QED) is 0.727. The van der Waals surface area contributed by atoms with Crippen LogP contribution in [0, 0.1) is 0 Å². The first-order valence-electron chi connectivity index (χ1n) is 4.07. The number of ether oxygens (including phenoxy) is 1. The maximum atomic E-state index is 11.8. The molecule has 1 aliphatic rings. The highest BCUT2D eigenvalue weighted by molar-refractivity contribution is 5.80. The molecule has 0 spiro atoms. The number of nitrogens with zero attached hydrogens (tertiary/aromatic N) is 1. The summed E-state index contributed by atoms with van der Waals surface area (Å²) in [6, 6.07) is -1.31. The van der Waals surface area contributed by atoms with Gasteiger partial charge in [-0.25, -0.2) is 9.59 Å². The standard InChI is InChI=1S/C7H9F2NO5/c8-6(9)15-3-1-4(5(11)12)10(2-3)7(13)14/h3-4,6H,1-2H2,(H,11,12)(H,13,14)/t3-,4-/m0/s1. The zero-order valence-electron chi connectivity index (χ0n) is 7.47. The first kappa shape index (κ1) is 11.6. The molecule has 86 valence electrons. The number of amides is 1. The highest BCUT2D eigenvalue weighted by atomic mass is 19.3. The van der Waals surface area contributed by atoms with Gasteiger partial charge >= 0.3 is 18.7 Å². The Morgan fingerprint density at radius 2 is 2.00 bits per heavy atom. The molecule has 2 atom stereocenters. The molecule has 6 nitrogen and oxygen atoms in total. The van der Waals surface area contributed by atoms with E-state index in [0.29, 0.717) is 4.90 Å². The Hall–Kier alpha value is -1.44. The van der Waals surface area contributed by atoms with Gasteiger partial charge in [-0.2, -0.15) is 8.78 Å². The molecule has 0 aromatic carbocycles. The van der Waals surface area contributed by atoms with E-state index in [1.165, 1.54) is 0 Å². The number of carboxylic acids is 1. The lowest BCUT2D eigenvalue weighted by molar-refractivity contribution is -0.159. The monoisotopic (exact) mass is 225 g/mol. The van der Waals surface area contributed by atoms with E-state index in [9.17, 15) is 18.4 Å². The van der Waals surface area contributed by atoms with Crippen LogP contribution in [0.25, 0.3) is 0 Å². The van der Waals surface area contributed by atoms with E-state index in [1.54, 1.807) is 0 Å². The molecule has 8 heteroatoms. The Bertz CT molecular complexity index is 250. The highest BCUT2D eigenvalue weighted by Crippen LogP contribution is 2.22. The van der Waals surface area contributed by atoms with E-state index in [4.69, 9.17) is 10.2 Å². The summed E-state index contributed by atoms with van der Waals surface area (Å²) in [7, 11) is 0. The van der Waals surface area contributed by atoms with Crippen molar-refractivity contribution in [2.75, 3.05) is 6.54 Å². The van der Waals surface area contributed by atoms with Crippen LogP contribution in [0.4, 0.5) is 13.6 Å². The van der Waals surface area contributed by atoms with Gasteiger partial charge in [0, 0.05) is 6.42 Å². The SMILES string of the molecule is O=C(O)[C@@H]1C[C@H](OC(F)F)CN1C(=O)O. The fraction of sp³-hybridized carbons (Fsp3) is 0.714. The molecule has 0 unspecified atom stereocenters. The Morgan fingerprint density at radius 3 is 2.33 bits per heavy atom. The van der Waals surface area contributed by atoms with E-state index in [2.05, 4.69) is 4.74 Å². The van der Waals surface area contributed by atoms with Crippen LogP contribution in [-0.2, 0) is 9.53 Å². The maximum Gasteiger partial charge on any atom is 0.408 e. The fourth-order valence-corrected chi connectivity index (χ4v) is 1.49. The van der Waals surface area contributed by atoms with Crippen molar-refractivity contribution in [3.8, 4) is 0 Å². The molecule has 0 radical (unpaired) electrons. The molecule has 1 heterocycles. The lowest BCUT2D eigenvalue weighted by atomic mass is 10.2. The Balaban J connectivity index is 2.65. The Labute approximate surface area is 83.0 Å². The van der Waals surface area contributed by atoms with Crippen molar-refractivity contribution in [3.63, 3.8) is 0 Å². The first-order valence-corrected chi connectivity index (χ1v) is 4.07. The van der Waals surface area contributed by atoms with Gasteiger partial charge < -0.3 is 14.9 Å². The average molecular weight is 225 g/mol. The third-order valence-corrected chi connectivity index (χ3v) is 2.09. The van der Waals surface area contributed by atoms with Gasteiger partial charge in [0.2, 0.25) is 0 Å². The van der Waals surface area contributed by atoms with E-state index >= 15 is 0 Å². The third kappa shape index (κ3) is 2.75. The summed E-state index contributed by atoms with van der Waals surface area (Å²) in [5.41, 5.74) is 0. The number of rotatable bonds is 3. The summed E-state index contributed by atoms with van der Waals surface area (Å²) in [6.07, 6.45) is -2.78. The number of hydrogen-bond acceptors (Lipinski definition) is 3. The molecule has 1 aliphatic heterocycles. The molecule has 1 fully saturated rings. The van der Waals surface area contributed by atoms with Crippen molar-refractivity contribution in [1.82, 2.24) is 4.90 Å². The van der Waals surface area contributed by atoms with Crippen molar-refractivity contribution in [2.24, 2.45) is 0 Å². The van der Waals surface area contributed by atoms with Gasteiger partial charge in [-0.05, 0) is 0 Å². The molecule has 0 bridgehead atoms. The van der Waals surface area contributed by atoms with Gasteiger partial charge in [0.15, 0.2) is 0 Å². The van der Waals surface area contributed by atoms with Crippen LogP contribution in [0.15, 0.2) is 0 Å². The normalized spacial score (nSPS) is 25.9. The van der Waals surface area contributed by atoms with Gasteiger partial charge in [0.1, 0.15) is 6.04 Å². The van der Waals surface area contributed by atoms with Gasteiger partial charge in [0.25, 0.3) is 0 Å². The molecule has 0 saturated carbocycles. The van der Waals surface area contributed by atoms with Crippen molar-refractivity contribution >= 4 is 12.1 Å². The van der Waals surface area contributed by atoms with Crippen LogP contribution >= 0.6 is 0 Å². The molecule has 1 saturated heterocycles. The van der Waals surface area contributed by atoms with E-state index < -0.39 is 30.8 Å². The second-order valence-electron chi connectivity index (χ2n) is 3.04. The molecular formula is C7H9F2NO5. The number of carbonyl (C=O) groups is 2. The lowest BCUT2D eigenvalue weighted by Crippen LogP contribution is -2.39. The number of hydrogen-bond donors (Lipinski definition) is 2. The summed E-state index contributed by atoms with van der Waals surface area (Å²) in [4.78, 5) is 21.7. The number of likely N-dealkylation sites (tertiary alicyclic amines) is 1. The van der Waals surface area contributed by atoms with E-state index in [-0.39, 0.29) is 13.0 Å². The molecule has 0 aromatic rings. The summed E-state index contributed by atoms with van der Waals surface area (Å²) >= 11 is 0. The fourth-order valence-electron chi connectivity index (χ4n) is 1.49. The Kier molecular flexibility index (Phi) is 3.40. The number of carboxylic acid groups (broad SMARTS) is 2. The number of aliphatic carboxylic acids is 1. The predicted octanol–water partition coefficient (Wildman–Crippen LogP) is 0.431. The molecule has 0 aromatic heterocycles. The van der Waals surface area contributed by atoms with Crippen LogP contribution in [0.1, 0.15) is 6.42 Å². The van der Waals surface area contributed by atoms with E-state index in [0.717, 1.165) is 0 Å². The van der Waals surface area contributed by atoms with Gasteiger partial charge in [-0.3, -0.25) is 4.90 Å². The average Bonchev–Trinajstić information content (AvgIpc) is 2.46. The maximum absolute atomic E-state index is 11.8. The van der Waals surface area contributed by atoms with Crippen molar-refractivity contribution in [1.29, 1.82) is 0 Å². The summed E-state index contributed by atoms with van der Waals surface area (Å²) < 4.78 is 27.7. The summed E-state index contributed by atoms with van der Waals surface area (Å²) in [5.74, 6) is -1.36. The lowest BCUT2D eigenvalue weighted by Gasteiger charge is -2.16. The predicted molar refractivity (Wildman–Crippen MR) is 41.6 cm³/mol. The molecule has 1 amide bonds.